The molecule has 10 heteroatoms. The van der Waals surface area contributed by atoms with Crippen molar-refractivity contribution in [1.82, 2.24) is 24.1 Å². The predicted molar refractivity (Wildman–Crippen MR) is 110 cm³/mol. The smallest absolute Gasteiger partial charge is 0.278 e. The molecule has 0 fully saturated rings. The van der Waals surface area contributed by atoms with Crippen LogP contribution >= 0.6 is 0 Å². The summed E-state index contributed by atoms with van der Waals surface area (Å²) < 4.78 is 27.9. The minimum absolute atomic E-state index is 0.126. The number of fused-ring (bicyclic) bond motifs is 3. The van der Waals surface area contributed by atoms with Crippen molar-refractivity contribution in [2.24, 2.45) is 0 Å². The van der Waals surface area contributed by atoms with E-state index in [2.05, 4.69) is 15.1 Å². The average molecular weight is 424 g/mol. The molecular formula is C21H21FN6O3. The van der Waals surface area contributed by atoms with Gasteiger partial charge in [0.1, 0.15) is 35.0 Å². The molecule has 0 saturated carbocycles. The maximum absolute atomic E-state index is 14.4. The summed E-state index contributed by atoms with van der Waals surface area (Å²) in [5.41, 5.74) is 0.625. The number of ether oxygens (including phenoxy) is 1. The van der Waals surface area contributed by atoms with E-state index in [1.165, 1.54) is 23.0 Å². The summed E-state index contributed by atoms with van der Waals surface area (Å²) in [4.78, 5) is 22.3. The summed E-state index contributed by atoms with van der Waals surface area (Å²) in [5, 5.41) is 13.6. The van der Waals surface area contributed by atoms with Crippen LogP contribution in [0.3, 0.4) is 0 Å². The molecule has 2 atom stereocenters. The lowest BCUT2D eigenvalue weighted by Gasteiger charge is -2.18. The number of hydrogen-bond donors (Lipinski definition) is 0. The highest BCUT2D eigenvalue weighted by atomic mass is 19.1. The van der Waals surface area contributed by atoms with Crippen LogP contribution < -0.4 is 5.56 Å². The lowest BCUT2D eigenvalue weighted by Crippen LogP contribution is -2.26. The lowest BCUT2D eigenvalue weighted by atomic mass is 10.1. The van der Waals surface area contributed by atoms with Gasteiger partial charge >= 0.3 is 0 Å². The standard InChI is InChI=1S/C21H21FN6O3/c1-5-12(3)28-17-13(8-23)14(22)6-7-15(17)27-10-24-16(18(27)21(28)29)19-25-20(31-26-19)11(2)9-30-4/h6-7,10-12H,5,9H2,1-4H3. The van der Waals surface area contributed by atoms with Gasteiger partial charge in [-0.2, -0.15) is 10.2 Å². The predicted octanol–water partition coefficient (Wildman–Crippen LogP) is 3.43. The Hall–Kier alpha value is -3.58. The highest BCUT2D eigenvalue weighted by Crippen LogP contribution is 2.28. The van der Waals surface area contributed by atoms with Crippen molar-refractivity contribution in [3.63, 3.8) is 0 Å². The van der Waals surface area contributed by atoms with Crippen molar-refractivity contribution >= 4 is 16.6 Å². The SMILES string of the molecule is CCC(C)n1c(=O)c2c(-c3noc(C(C)COC)n3)ncn2c2ccc(F)c(C#N)c21. The fraction of sp³-hybridized carbons (Fsp3) is 0.381. The number of hydrogen-bond acceptors (Lipinski definition) is 7. The van der Waals surface area contributed by atoms with Gasteiger partial charge in [-0.25, -0.2) is 9.37 Å². The van der Waals surface area contributed by atoms with Gasteiger partial charge in [0.25, 0.3) is 5.56 Å². The summed E-state index contributed by atoms with van der Waals surface area (Å²) in [6.07, 6.45) is 2.06. The third kappa shape index (κ3) is 3.18. The van der Waals surface area contributed by atoms with Crippen molar-refractivity contribution < 1.29 is 13.7 Å². The van der Waals surface area contributed by atoms with Crippen LogP contribution in [0.15, 0.2) is 27.8 Å². The van der Waals surface area contributed by atoms with Crippen LogP contribution in [0.4, 0.5) is 4.39 Å². The van der Waals surface area contributed by atoms with Gasteiger partial charge < -0.3 is 13.8 Å². The number of halogens is 1. The normalized spacial score (nSPS) is 13.5. The Labute approximate surface area is 176 Å². The fourth-order valence-corrected chi connectivity index (χ4v) is 3.67. The molecule has 0 saturated heterocycles. The molecule has 4 aromatic rings. The molecule has 31 heavy (non-hydrogen) atoms. The molecule has 3 heterocycles. The molecule has 0 N–H and O–H groups in total. The number of benzene rings is 1. The Morgan fingerprint density at radius 2 is 2.10 bits per heavy atom. The van der Waals surface area contributed by atoms with Crippen LogP contribution in [0, 0.1) is 17.1 Å². The number of nitriles is 1. The first-order chi connectivity index (χ1) is 14.9. The zero-order valence-corrected chi connectivity index (χ0v) is 17.6. The van der Waals surface area contributed by atoms with E-state index in [1.807, 2.05) is 26.8 Å². The van der Waals surface area contributed by atoms with E-state index < -0.39 is 11.4 Å². The number of imidazole rings is 1. The number of nitrogens with zero attached hydrogens (tertiary/aromatic N) is 6. The number of methoxy groups -OCH3 is 1. The molecule has 0 aliphatic heterocycles. The first kappa shape index (κ1) is 20.7. The van der Waals surface area contributed by atoms with Crippen LogP contribution in [0.2, 0.25) is 0 Å². The summed E-state index contributed by atoms with van der Waals surface area (Å²) in [5.74, 6) is -0.259. The summed E-state index contributed by atoms with van der Waals surface area (Å²) in [6, 6.07) is 4.36. The van der Waals surface area contributed by atoms with Gasteiger partial charge in [0.15, 0.2) is 0 Å². The Morgan fingerprint density at radius 1 is 1.32 bits per heavy atom. The van der Waals surface area contributed by atoms with Crippen molar-refractivity contribution in [1.29, 1.82) is 5.26 Å². The molecule has 0 spiro atoms. The molecule has 0 aliphatic rings. The average Bonchev–Trinajstić information content (AvgIpc) is 3.41. The molecule has 1 aromatic carbocycles. The van der Waals surface area contributed by atoms with E-state index in [0.29, 0.717) is 24.4 Å². The molecule has 0 amide bonds. The Kier molecular flexibility index (Phi) is 5.29. The second-order valence-corrected chi connectivity index (χ2v) is 7.46. The van der Waals surface area contributed by atoms with E-state index >= 15 is 0 Å². The summed E-state index contributed by atoms with van der Waals surface area (Å²) in [7, 11) is 1.58. The molecule has 2 unspecified atom stereocenters. The maximum atomic E-state index is 14.4. The van der Waals surface area contributed by atoms with Crippen LogP contribution in [0.25, 0.3) is 28.1 Å². The van der Waals surface area contributed by atoms with E-state index in [-0.39, 0.29) is 40.1 Å². The van der Waals surface area contributed by atoms with Gasteiger partial charge in [-0.15, -0.1) is 0 Å². The van der Waals surface area contributed by atoms with E-state index in [1.54, 1.807) is 11.5 Å². The second kappa shape index (κ2) is 7.92. The third-order valence-electron chi connectivity index (χ3n) is 5.43. The van der Waals surface area contributed by atoms with Crippen molar-refractivity contribution in [2.75, 3.05) is 13.7 Å². The maximum Gasteiger partial charge on any atom is 0.278 e. The van der Waals surface area contributed by atoms with Crippen molar-refractivity contribution in [2.45, 2.75) is 39.2 Å². The number of rotatable bonds is 6. The van der Waals surface area contributed by atoms with Gasteiger partial charge in [0, 0.05) is 13.2 Å². The van der Waals surface area contributed by atoms with Crippen molar-refractivity contribution in [3.05, 3.63) is 46.1 Å². The van der Waals surface area contributed by atoms with Crippen LogP contribution in [-0.4, -0.2) is 37.8 Å². The monoisotopic (exact) mass is 424 g/mol. The highest BCUT2D eigenvalue weighted by Gasteiger charge is 2.25. The van der Waals surface area contributed by atoms with Crippen LogP contribution in [-0.2, 0) is 4.74 Å². The van der Waals surface area contributed by atoms with Gasteiger partial charge in [-0.05, 0) is 25.5 Å². The summed E-state index contributed by atoms with van der Waals surface area (Å²) >= 11 is 0. The van der Waals surface area contributed by atoms with E-state index in [0.717, 1.165) is 0 Å². The quantitative estimate of drug-likeness (QED) is 0.466. The van der Waals surface area contributed by atoms with Gasteiger partial charge in [0.2, 0.25) is 11.7 Å². The lowest BCUT2D eigenvalue weighted by molar-refractivity contribution is 0.170. The second-order valence-electron chi connectivity index (χ2n) is 7.46. The topological polar surface area (TPSA) is 111 Å². The van der Waals surface area contributed by atoms with Gasteiger partial charge in [0.05, 0.1) is 23.6 Å². The van der Waals surface area contributed by atoms with Crippen LogP contribution in [0.1, 0.15) is 50.6 Å². The highest BCUT2D eigenvalue weighted by molar-refractivity contribution is 5.87. The Morgan fingerprint density at radius 3 is 2.77 bits per heavy atom. The first-order valence-corrected chi connectivity index (χ1v) is 9.89. The van der Waals surface area contributed by atoms with Gasteiger partial charge in [-0.3, -0.25) is 9.20 Å². The molecule has 3 aromatic heterocycles. The number of aromatic nitrogens is 5. The molecule has 0 radical (unpaired) electrons. The van der Waals surface area contributed by atoms with Gasteiger partial charge in [-0.1, -0.05) is 19.0 Å². The fourth-order valence-electron chi connectivity index (χ4n) is 3.67. The zero-order valence-electron chi connectivity index (χ0n) is 17.6. The molecular weight excluding hydrogens is 403 g/mol. The molecule has 9 nitrogen and oxygen atoms in total. The van der Waals surface area contributed by atoms with Crippen molar-refractivity contribution in [3.8, 4) is 17.6 Å². The largest absolute Gasteiger partial charge is 0.384 e. The van der Waals surface area contributed by atoms with Crippen LogP contribution in [0.5, 0.6) is 0 Å². The first-order valence-electron chi connectivity index (χ1n) is 9.89. The van der Waals surface area contributed by atoms with E-state index in [9.17, 15) is 14.4 Å². The molecule has 0 bridgehead atoms. The summed E-state index contributed by atoms with van der Waals surface area (Å²) in [6.45, 7) is 6.05. The minimum Gasteiger partial charge on any atom is -0.384 e. The third-order valence-corrected chi connectivity index (χ3v) is 5.43. The molecule has 0 aliphatic carbocycles. The molecule has 160 valence electrons. The Balaban J connectivity index is 2.06. The van der Waals surface area contributed by atoms with E-state index in [4.69, 9.17) is 9.26 Å². The molecule has 4 rings (SSSR count). The minimum atomic E-state index is -0.680. The Bertz CT molecular complexity index is 1380. The zero-order chi connectivity index (χ0) is 22.3.